The average molecular weight is 414 g/mol. The summed E-state index contributed by atoms with van der Waals surface area (Å²) in [4.78, 5) is 14.7. The Labute approximate surface area is 173 Å². The molecule has 6 nitrogen and oxygen atoms in total. The van der Waals surface area contributed by atoms with Gasteiger partial charge in [-0.05, 0) is 50.6 Å². The van der Waals surface area contributed by atoms with E-state index >= 15 is 0 Å². The van der Waals surface area contributed by atoms with Crippen LogP contribution >= 0.6 is 11.3 Å². The van der Waals surface area contributed by atoms with Crippen molar-refractivity contribution in [1.29, 1.82) is 0 Å². The topological polar surface area (TPSA) is 71.4 Å². The molecule has 0 radical (unpaired) electrons. The van der Waals surface area contributed by atoms with E-state index in [4.69, 9.17) is 4.74 Å². The molecule has 0 aliphatic carbocycles. The normalized spacial score (nSPS) is 11.4. The predicted octanol–water partition coefficient (Wildman–Crippen LogP) is 4.34. The number of benzene rings is 1. The van der Waals surface area contributed by atoms with Crippen LogP contribution < -0.4 is 15.4 Å². The smallest absolute Gasteiger partial charge is 0.219 e. The fraction of sp³-hybridized carbons (Fsp3) is 0.286. The van der Waals surface area contributed by atoms with E-state index in [2.05, 4.69) is 32.5 Å². The van der Waals surface area contributed by atoms with Crippen LogP contribution in [0.4, 0.5) is 4.39 Å². The quantitative estimate of drug-likeness (QED) is 0.445. The van der Waals surface area contributed by atoms with Crippen LogP contribution in [0.15, 0.2) is 47.6 Å². The van der Waals surface area contributed by atoms with Crippen LogP contribution in [0.2, 0.25) is 0 Å². The van der Waals surface area contributed by atoms with Crippen LogP contribution in [0.1, 0.15) is 28.1 Å². The summed E-state index contributed by atoms with van der Waals surface area (Å²) in [6.07, 6.45) is 1.72. The van der Waals surface area contributed by atoms with E-state index in [9.17, 15) is 4.39 Å². The Morgan fingerprint density at radius 3 is 2.55 bits per heavy atom. The lowest BCUT2D eigenvalue weighted by molar-refractivity contribution is 0.461. The average Bonchev–Trinajstić information content (AvgIpc) is 3.04. The number of ether oxygens (including phenoxy) is 1. The molecule has 152 valence electrons. The molecule has 8 heteroatoms. The summed E-state index contributed by atoms with van der Waals surface area (Å²) in [6, 6.07) is 9.51. The summed E-state index contributed by atoms with van der Waals surface area (Å²) < 4.78 is 18.6. The molecule has 0 aliphatic heterocycles. The maximum absolute atomic E-state index is 13.0. The molecule has 2 aromatic heterocycles. The molecule has 0 bridgehead atoms. The van der Waals surface area contributed by atoms with Gasteiger partial charge in [-0.1, -0.05) is 6.07 Å². The molecule has 0 saturated heterocycles. The van der Waals surface area contributed by atoms with Gasteiger partial charge < -0.3 is 15.4 Å². The van der Waals surface area contributed by atoms with Crippen molar-refractivity contribution in [3.8, 4) is 11.6 Å². The van der Waals surface area contributed by atoms with E-state index in [0.29, 0.717) is 24.7 Å². The van der Waals surface area contributed by atoms with Gasteiger partial charge >= 0.3 is 0 Å². The lowest BCUT2D eigenvalue weighted by Gasteiger charge is -2.10. The minimum absolute atomic E-state index is 0.302. The molecule has 0 fully saturated rings. The number of hydrogen-bond acceptors (Lipinski definition) is 5. The third-order valence-electron chi connectivity index (χ3n) is 4.08. The Morgan fingerprint density at radius 1 is 1.14 bits per heavy atom. The molecule has 2 N–H and O–H groups in total. The highest BCUT2D eigenvalue weighted by Crippen LogP contribution is 2.20. The molecule has 0 saturated carbocycles. The molecule has 2 heterocycles. The van der Waals surface area contributed by atoms with Gasteiger partial charge in [-0.15, -0.1) is 11.3 Å². The standard InChI is InChI=1S/C21H24FN5OS/c1-4-23-21(26-13-20-27-14(2)15(3)29-20)25-12-16-5-10-19(24-11-16)28-18-8-6-17(22)7-9-18/h5-11H,4,12-13H2,1-3H3,(H2,23,25,26). The van der Waals surface area contributed by atoms with Crippen LogP contribution in [0.25, 0.3) is 0 Å². The first kappa shape index (κ1) is 20.7. The number of aliphatic imine (C=N–C) groups is 1. The zero-order valence-corrected chi connectivity index (χ0v) is 17.5. The fourth-order valence-electron chi connectivity index (χ4n) is 2.47. The maximum atomic E-state index is 13.0. The van der Waals surface area contributed by atoms with E-state index < -0.39 is 0 Å². The number of guanidine groups is 1. The summed E-state index contributed by atoms with van der Waals surface area (Å²) in [5.74, 6) is 1.41. The Hall–Kier alpha value is -3.00. The largest absolute Gasteiger partial charge is 0.439 e. The number of rotatable bonds is 7. The summed E-state index contributed by atoms with van der Waals surface area (Å²) in [5.41, 5.74) is 2.03. The van der Waals surface area contributed by atoms with Crippen molar-refractivity contribution in [2.24, 2.45) is 4.99 Å². The second kappa shape index (κ2) is 9.97. The van der Waals surface area contributed by atoms with E-state index in [1.54, 1.807) is 35.7 Å². The van der Waals surface area contributed by atoms with Crippen LogP contribution in [0.3, 0.4) is 0 Å². The Morgan fingerprint density at radius 2 is 1.93 bits per heavy atom. The molecular formula is C21H24FN5OS. The first-order chi connectivity index (χ1) is 14.0. The van der Waals surface area contributed by atoms with Crippen molar-refractivity contribution in [3.05, 3.63) is 69.6 Å². The van der Waals surface area contributed by atoms with Crippen LogP contribution in [0, 0.1) is 19.7 Å². The predicted molar refractivity (Wildman–Crippen MR) is 114 cm³/mol. The highest BCUT2D eigenvalue weighted by Gasteiger charge is 2.05. The summed E-state index contributed by atoms with van der Waals surface area (Å²) in [7, 11) is 0. The molecule has 0 aliphatic rings. The van der Waals surface area contributed by atoms with Gasteiger partial charge in [0.2, 0.25) is 5.88 Å². The van der Waals surface area contributed by atoms with Crippen molar-refractivity contribution in [2.45, 2.75) is 33.9 Å². The van der Waals surface area contributed by atoms with Gasteiger partial charge in [-0.25, -0.2) is 19.4 Å². The Kier molecular flexibility index (Phi) is 7.13. The van der Waals surface area contributed by atoms with Crippen LogP contribution in [0.5, 0.6) is 11.6 Å². The van der Waals surface area contributed by atoms with E-state index in [1.165, 1.54) is 17.0 Å². The lowest BCUT2D eigenvalue weighted by Crippen LogP contribution is -2.36. The number of aryl methyl sites for hydroxylation is 2. The summed E-state index contributed by atoms with van der Waals surface area (Å²) in [6.45, 7) is 8.00. The van der Waals surface area contributed by atoms with Crippen molar-refractivity contribution in [1.82, 2.24) is 20.6 Å². The first-order valence-electron chi connectivity index (χ1n) is 9.37. The van der Waals surface area contributed by atoms with Gasteiger partial charge in [0, 0.05) is 23.7 Å². The number of aromatic nitrogens is 2. The van der Waals surface area contributed by atoms with E-state index in [-0.39, 0.29) is 5.82 Å². The molecule has 0 spiro atoms. The van der Waals surface area contributed by atoms with E-state index in [0.717, 1.165) is 28.8 Å². The maximum Gasteiger partial charge on any atom is 0.219 e. The number of pyridine rings is 1. The third-order valence-corrected chi connectivity index (χ3v) is 5.15. The Bertz CT molecular complexity index is 935. The zero-order chi connectivity index (χ0) is 20.6. The highest BCUT2D eigenvalue weighted by atomic mass is 32.1. The molecule has 0 amide bonds. The molecule has 1 aromatic carbocycles. The zero-order valence-electron chi connectivity index (χ0n) is 16.7. The number of hydrogen-bond donors (Lipinski definition) is 2. The summed E-state index contributed by atoms with van der Waals surface area (Å²) >= 11 is 1.69. The number of nitrogens with one attached hydrogen (secondary N) is 2. The molecule has 3 aromatic rings. The van der Waals surface area contributed by atoms with Crippen molar-refractivity contribution < 1.29 is 9.13 Å². The SMILES string of the molecule is CCNC(=NCc1ccc(Oc2ccc(F)cc2)nc1)NCc1nc(C)c(C)s1. The molecule has 29 heavy (non-hydrogen) atoms. The monoisotopic (exact) mass is 413 g/mol. The van der Waals surface area contributed by atoms with Gasteiger partial charge in [-0.3, -0.25) is 0 Å². The van der Waals surface area contributed by atoms with Crippen molar-refractivity contribution >= 4 is 17.3 Å². The first-order valence-corrected chi connectivity index (χ1v) is 10.2. The minimum atomic E-state index is -0.302. The Balaban J connectivity index is 1.57. The van der Waals surface area contributed by atoms with Gasteiger partial charge in [0.25, 0.3) is 0 Å². The number of thiazole rings is 1. The van der Waals surface area contributed by atoms with Gasteiger partial charge in [-0.2, -0.15) is 0 Å². The number of halogens is 1. The minimum Gasteiger partial charge on any atom is -0.439 e. The third kappa shape index (κ3) is 6.25. The molecular weight excluding hydrogens is 389 g/mol. The fourth-order valence-corrected chi connectivity index (χ4v) is 3.35. The van der Waals surface area contributed by atoms with Crippen molar-refractivity contribution in [3.63, 3.8) is 0 Å². The lowest BCUT2D eigenvalue weighted by atomic mass is 10.3. The van der Waals surface area contributed by atoms with Gasteiger partial charge in [0.05, 0.1) is 18.8 Å². The van der Waals surface area contributed by atoms with Crippen molar-refractivity contribution in [2.75, 3.05) is 6.54 Å². The molecule has 0 unspecified atom stereocenters. The second-order valence-corrected chi connectivity index (χ2v) is 7.65. The van der Waals surface area contributed by atoms with E-state index in [1.807, 2.05) is 19.9 Å². The number of nitrogens with zero attached hydrogens (tertiary/aromatic N) is 3. The van der Waals surface area contributed by atoms with Gasteiger partial charge in [0.15, 0.2) is 5.96 Å². The molecule has 3 rings (SSSR count). The second-order valence-electron chi connectivity index (χ2n) is 6.36. The highest BCUT2D eigenvalue weighted by molar-refractivity contribution is 7.11. The van der Waals surface area contributed by atoms with Gasteiger partial charge in [0.1, 0.15) is 16.6 Å². The van der Waals surface area contributed by atoms with Crippen LogP contribution in [-0.4, -0.2) is 22.5 Å². The molecule has 0 atom stereocenters. The summed E-state index contributed by atoms with van der Waals surface area (Å²) in [5, 5.41) is 7.58. The van der Waals surface area contributed by atoms with Crippen LogP contribution in [-0.2, 0) is 13.1 Å².